The molecule has 0 aliphatic carbocycles. The summed E-state index contributed by atoms with van der Waals surface area (Å²) < 4.78 is 0. The van der Waals surface area contributed by atoms with Crippen LogP contribution in [0.4, 0.5) is 4.79 Å². The lowest BCUT2D eigenvalue weighted by Crippen LogP contribution is -2.14. The first kappa shape index (κ1) is 8.88. The first-order chi connectivity index (χ1) is 4.70. The second-order valence-electron chi connectivity index (χ2n) is 1.90. The van der Waals surface area contributed by atoms with E-state index in [1.807, 2.05) is 0 Å². The molecule has 56 valence electrons. The third-order valence-corrected chi connectivity index (χ3v) is 0.946. The Morgan fingerprint density at radius 2 is 2.40 bits per heavy atom. The number of hydrogen-bond acceptors (Lipinski definition) is 1. The molecule has 0 fully saturated rings. The fraction of sp³-hybridized carbons (Fsp3) is 0.429. The van der Waals surface area contributed by atoms with Gasteiger partial charge in [-0.25, -0.2) is 9.79 Å². The molecule has 0 radical (unpaired) electrons. The van der Waals surface area contributed by atoms with Gasteiger partial charge in [-0.2, -0.15) is 0 Å². The Hall–Kier alpha value is -1.12. The highest BCUT2D eigenvalue weighted by molar-refractivity contribution is 5.94. The molecule has 0 spiro atoms. The van der Waals surface area contributed by atoms with Crippen LogP contribution in [-0.4, -0.2) is 18.8 Å². The number of nitrogens with one attached hydrogen (secondary N) is 1. The SMILES string of the molecule is C=CC/C(C)=N/C(=O)NC. The highest BCUT2D eigenvalue weighted by Crippen LogP contribution is 1.86. The van der Waals surface area contributed by atoms with Crippen molar-refractivity contribution in [2.24, 2.45) is 4.99 Å². The number of carbonyl (C=O) groups excluding carboxylic acids is 1. The van der Waals surface area contributed by atoms with Gasteiger partial charge >= 0.3 is 6.03 Å². The third-order valence-electron chi connectivity index (χ3n) is 0.946. The van der Waals surface area contributed by atoms with Crippen molar-refractivity contribution in [1.82, 2.24) is 5.32 Å². The van der Waals surface area contributed by atoms with E-state index < -0.39 is 0 Å². The molecule has 0 aromatic rings. The maximum absolute atomic E-state index is 10.6. The average molecular weight is 140 g/mol. The van der Waals surface area contributed by atoms with Gasteiger partial charge in [0.05, 0.1) is 0 Å². The van der Waals surface area contributed by atoms with Crippen LogP contribution in [0.15, 0.2) is 17.6 Å². The number of hydrogen-bond donors (Lipinski definition) is 1. The van der Waals surface area contributed by atoms with Gasteiger partial charge < -0.3 is 5.32 Å². The summed E-state index contributed by atoms with van der Waals surface area (Å²) in [7, 11) is 1.55. The summed E-state index contributed by atoms with van der Waals surface area (Å²) in [5.41, 5.74) is 0.773. The minimum absolute atomic E-state index is 0.306. The van der Waals surface area contributed by atoms with E-state index in [9.17, 15) is 4.79 Å². The molecular formula is C7H12N2O. The molecule has 0 aliphatic rings. The van der Waals surface area contributed by atoms with E-state index in [1.165, 1.54) is 0 Å². The van der Waals surface area contributed by atoms with Crippen molar-refractivity contribution in [2.45, 2.75) is 13.3 Å². The van der Waals surface area contributed by atoms with Crippen molar-refractivity contribution in [1.29, 1.82) is 0 Å². The van der Waals surface area contributed by atoms with Crippen LogP contribution in [0.25, 0.3) is 0 Å². The van der Waals surface area contributed by atoms with E-state index in [1.54, 1.807) is 20.0 Å². The number of rotatable bonds is 2. The van der Waals surface area contributed by atoms with Crippen LogP contribution in [0, 0.1) is 0 Å². The molecule has 0 aromatic heterocycles. The Bertz CT molecular complexity index is 161. The van der Waals surface area contributed by atoms with E-state index in [2.05, 4.69) is 16.9 Å². The Morgan fingerprint density at radius 3 is 2.80 bits per heavy atom. The zero-order chi connectivity index (χ0) is 7.98. The number of aliphatic imine (C=N–C) groups is 1. The second kappa shape index (κ2) is 4.73. The summed E-state index contributed by atoms with van der Waals surface area (Å²) in [6.07, 6.45) is 2.37. The zero-order valence-electron chi connectivity index (χ0n) is 6.35. The van der Waals surface area contributed by atoms with Gasteiger partial charge in [0, 0.05) is 19.2 Å². The Balaban J connectivity index is 3.88. The molecular weight excluding hydrogens is 128 g/mol. The Kier molecular flexibility index (Phi) is 4.20. The van der Waals surface area contributed by atoms with Crippen molar-refractivity contribution in [3.8, 4) is 0 Å². The molecule has 0 heterocycles. The van der Waals surface area contributed by atoms with Gasteiger partial charge in [0.15, 0.2) is 0 Å². The quantitative estimate of drug-likeness (QED) is 0.456. The lowest BCUT2D eigenvalue weighted by Gasteiger charge is -1.93. The van der Waals surface area contributed by atoms with Crippen molar-refractivity contribution in [3.63, 3.8) is 0 Å². The van der Waals surface area contributed by atoms with Crippen LogP contribution in [0.1, 0.15) is 13.3 Å². The van der Waals surface area contributed by atoms with E-state index in [0.717, 1.165) is 5.71 Å². The first-order valence-electron chi connectivity index (χ1n) is 3.07. The van der Waals surface area contributed by atoms with Crippen LogP contribution < -0.4 is 5.32 Å². The number of carbonyl (C=O) groups is 1. The smallest absolute Gasteiger partial charge is 0.339 e. The Morgan fingerprint density at radius 1 is 1.80 bits per heavy atom. The molecule has 0 aliphatic heterocycles. The van der Waals surface area contributed by atoms with Crippen molar-refractivity contribution in [3.05, 3.63) is 12.7 Å². The molecule has 3 heteroatoms. The molecule has 0 aromatic carbocycles. The molecule has 3 nitrogen and oxygen atoms in total. The zero-order valence-corrected chi connectivity index (χ0v) is 6.35. The predicted octanol–water partition coefficient (Wildman–Crippen LogP) is 1.36. The van der Waals surface area contributed by atoms with Gasteiger partial charge in [-0.05, 0) is 6.92 Å². The van der Waals surface area contributed by atoms with Gasteiger partial charge in [-0.15, -0.1) is 6.58 Å². The summed E-state index contributed by atoms with van der Waals surface area (Å²) in [4.78, 5) is 14.2. The van der Waals surface area contributed by atoms with Crippen molar-refractivity contribution in [2.75, 3.05) is 7.05 Å². The topological polar surface area (TPSA) is 41.5 Å². The average Bonchev–Trinajstić information content (AvgIpc) is 1.88. The number of amides is 2. The first-order valence-corrected chi connectivity index (χ1v) is 3.07. The van der Waals surface area contributed by atoms with E-state index in [-0.39, 0.29) is 6.03 Å². The predicted molar refractivity (Wildman–Crippen MR) is 42.4 cm³/mol. The van der Waals surface area contributed by atoms with Gasteiger partial charge in [0.2, 0.25) is 0 Å². The fourth-order valence-electron chi connectivity index (χ4n) is 0.484. The van der Waals surface area contributed by atoms with Gasteiger partial charge in [0.1, 0.15) is 0 Å². The van der Waals surface area contributed by atoms with E-state index in [4.69, 9.17) is 0 Å². The van der Waals surface area contributed by atoms with Crippen LogP contribution in [0.2, 0.25) is 0 Å². The highest BCUT2D eigenvalue weighted by atomic mass is 16.2. The van der Waals surface area contributed by atoms with Crippen LogP contribution in [0.3, 0.4) is 0 Å². The molecule has 0 saturated heterocycles. The molecule has 0 unspecified atom stereocenters. The summed E-state index contributed by atoms with van der Waals surface area (Å²) in [5, 5.41) is 2.39. The molecule has 0 rings (SSSR count). The van der Waals surface area contributed by atoms with Crippen molar-refractivity contribution >= 4 is 11.7 Å². The summed E-state index contributed by atoms with van der Waals surface area (Å²) in [6.45, 7) is 5.31. The lowest BCUT2D eigenvalue weighted by molar-refractivity contribution is 0.251. The van der Waals surface area contributed by atoms with Gasteiger partial charge in [-0.1, -0.05) is 6.08 Å². The van der Waals surface area contributed by atoms with Crippen molar-refractivity contribution < 1.29 is 4.79 Å². The third kappa shape index (κ3) is 3.83. The van der Waals surface area contributed by atoms with Gasteiger partial charge in [-0.3, -0.25) is 0 Å². The summed E-state index contributed by atoms with van der Waals surface area (Å²) in [6, 6.07) is -0.306. The molecule has 1 N–H and O–H groups in total. The normalized spacial score (nSPS) is 10.8. The number of nitrogens with zero attached hydrogens (tertiary/aromatic N) is 1. The van der Waals surface area contributed by atoms with Crippen LogP contribution in [-0.2, 0) is 0 Å². The second-order valence-corrected chi connectivity index (χ2v) is 1.90. The minimum Gasteiger partial charge on any atom is -0.339 e. The number of allylic oxidation sites excluding steroid dienone is 1. The number of urea groups is 1. The van der Waals surface area contributed by atoms with Crippen LogP contribution >= 0.6 is 0 Å². The van der Waals surface area contributed by atoms with Crippen LogP contribution in [0.5, 0.6) is 0 Å². The molecule has 2 amide bonds. The standard InChI is InChI=1S/C7H12N2O/c1-4-5-6(2)9-7(10)8-3/h4H,1,5H2,2-3H3,(H,8,10)/b9-6+. The van der Waals surface area contributed by atoms with Gasteiger partial charge in [0.25, 0.3) is 0 Å². The molecule has 10 heavy (non-hydrogen) atoms. The van der Waals surface area contributed by atoms with E-state index in [0.29, 0.717) is 6.42 Å². The summed E-state index contributed by atoms with van der Waals surface area (Å²) in [5.74, 6) is 0. The minimum atomic E-state index is -0.306. The molecule has 0 bridgehead atoms. The maximum atomic E-state index is 10.6. The fourth-order valence-corrected chi connectivity index (χ4v) is 0.484. The maximum Gasteiger partial charge on any atom is 0.340 e. The highest BCUT2D eigenvalue weighted by Gasteiger charge is 1.92. The molecule has 0 atom stereocenters. The van der Waals surface area contributed by atoms with E-state index >= 15 is 0 Å². The summed E-state index contributed by atoms with van der Waals surface area (Å²) >= 11 is 0. The lowest BCUT2D eigenvalue weighted by atomic mass is 10.3. The molecule has 0 saturated carbocycles. The monoisotopic (exact) mass is 140 g/mol. The Labute approximate surface area is 60.8 Å². The largest absolute Gasteiger partial charge is 0.340 e.